The van der Waals surface area contributed by atoms with Crippen LogP contribution in [0.2, 0.25) is 0 Å². The van der Waals surface area contributed by atoms with Crippen LogP contribution in [0.15, 0.2) is 18.2 Å². The number of nitrogens with two attached hydrogens (primary N) is 1. The molecule has 0 spiro atoms. The summed E-state index contributed by atoms with van der Waals surface area (Å²) >= 11 is 1.82. The Morgan fingerprint density at radius 1 is 1.47 bits per heavy atom. The fourth-order valence-corrected chi connectivity index (χ4v) is 3.35. The number of thioether (sulfide) groups is 1. The van der Waals surface area contributed by atoms with E-state index < -0.39 is 17.7 Å². The van der Waals surface area contributed by atoms with Crippen molar-refractivity contribution in [1.29, 1.82) is 0 Å². The van der Waals surface area contributed by atoms with Crippen LogP contribution in [-0.2, 0) is 0 Å². The molecule has 1 aromatic carbocycles. The molecule has 5 heteroatoms. The van der Waals surface area contributed by atoms with Gasteiger partial charge in [0.05, 0.1) is 0 Å². The summed E-state index contributed by atoms with van der Waals surface area (Å²) in [5, 5.41) is 0. The fraction of sp³-hybridized carbons (Fsp3) is 0.500. The highest BCUT2D eigenvalue weighted by molar-refractivity contribution is 7.99. The van der Waals surface area contributed by atoms with E-state index in [0.717, 1.165) is 24.1 Å². The summed E-state index contributed by atoms with van der Waals surface area (Å²) in [6, 6.07) is 3.30. The second-order valence-electron chi connectivity index (χ2n) is 4.31. The molecule has 2 N–H and O–H groups in total. The van der Waals surface area contributed by atoms with Crippen molar-refractivity contribution in [2.75, 3.05) is 25.1 Å². The summed E-state index contributed by atoms with van der Waals surface area (Å²) in [6.45, 7) is 0.950. The summed E-state index contributed by atoms with van der Waals surface area (Å²) in [6.07, 6.45) is 0. The Balaban J connectivity index is 2.20. The van der Waals surface area contributed by atoms with Crippen LogP contribution in [0.4, 0.5) is 8.78 Å². The van der Waals surface area contributed by atoms with Gasteiger partial charge < -0.3 is 5.73 Å². The van der Waals surface area contributed by atoms with Gasteiger partial charge in [-0.3, -0.25) is 4.90 Å². The normalized spacial score (nSPS) is 23.6. The Labute approximate surface area is 104 Å². The maximum absolute atomic E-state index is 13.6. The van der Waals surface area contributed by atoms with Gasteiger partial charge in [-0.2, -0.15) is 11.8 Å². The van der Waals surface area contributed by atoms with E-state index in [2.05, 4.69) is 4.90 Å². The first kappa shape index (κ1) is 12.8. The molecule has 0 aliphatic carbocycles. The van der Waals surface area contributed by atoms with Gasteiger partial charge in [0.2, 0.25) is 0 Å². The minimum Gasteiger partial charge on any atom is -0.323 e. The highest BCUT2D eigenvalue weighted by Crippen LogP contribution is 2.26. The van der Waals surface area contributed by atoms with E-state index >= 15 is 0 Å². The second-order valence-corrected chi connectivity index (χ2v) is 5.46. The second kappa shape index (κ2) is 5.33. The summed E-state index contributed by atoms with van der Waals surface area (Å²) in [7, 11) is 1.99. The number of hydrogen-bond acceptors (Lipinski definition) is 3. The van der Waals surface area contributed by atoms with Crippen LogP contribution in [0.3, 0.4) is 0 Å². The molecule has 1 heterocycles. The molecule has 1 aliphatic rings. The largest absolute Gasteiger partial charge is 0.323 e. The summed E-state index contributed by atoms with van der Waals surface area (Å²) in [5.41, 5.74) is 6.49. The molecule has 1 aromatic rings. The smallest absolute Gasteiger partial charge is 0.130 e. The maximum Gasteiger partial charge on any atom is 0.130 e. The Hall–Kier alpha value is -0.650. The van der Waals surface area contributed by atoms with Gasteiger partial charge in [0, 0.05) is 41.8 Å². The minimum absolute atomic E-state index is 0.105. The maximum atomic E-state index is 13.6. The van der Waals surface area contributed by atoms with E-state index in [1.807, 2.05) is 18.8 Å². The zero-order chi connectivity index (χ0) is 12.4. The molecule has 2 nitrogen and oxygen atoms in total. The predicted molar refractivity (Wildman–Crippen MR) is 67.0 cm³/mol. The van der Waals surface area contributed by atoms with Crippen LogP contribution >= 0.6 is 11.8 Å². The third kappa shape index (κ3) is 2.78. The van der Waals surface area contributed by atoms with E-state index in [-0.39, 0.29) is 6.04 Å². The molecule has 2 rings (SSSR count). The van der Waals surface area contributed by atoms with E-state index in [1.54, 1.807) is 0 Å². The highest BCUT2D eigenvalue weighted by atomic mass is 32.2. The third-order valence-corrected chi connectivity index (χ3v) is 4.23. The summed E-state index contributed by atoms with van der Waals surface area (Å²) in [4.78, 5) is 2.14. The molecule has 0 radical (unpaired) electrons. The number of likely N-dealkylation sites (N-methyl/N-ethyl adjacent to an activating group) is 1. The van der Waals surface area contributed by atoms with Gasteiger partial charge in [0.25, 0.3) is 0 Å². The number of hydrogen-bond donors (Lipinski definition) is 1. The van der Waals surface area contributed by atoms with Gasteiger partial charge in [-0.1, -0.05) is 6.07 Å². The third-order valence-electron chi connectivity index (χ3n) is 3.18. The van der Waals surface area contributed by atoms with Gasteiger partial charge in [-0.25, -0.2) is 8.78 Å². The van der Waals surface area contributed by atoms with E-state index in [9.17, 15) is 8.78 Å². The monoisotopic (exact) mass is 258 g/mol. The molecule has 0 saturated carbocycles. The van der Waals surface area contributed by atoms with E-state index in [0.29, 0.717) is 5.56 Å². The first-order valence-electron chi connectivity index (χ1n) is 5.58. The van der Waals surface area contributed by atoms with Gasteiger partial charge >= 0.3 is 0 Å². The lowest BCUT2D eigenvalue weighted by Crippen LogP contribution is -2.46. The molecular weight excluding hydrogens is 242 g/mol. The number of benzene rings is 1. The molecule has 1 saturated heterocycles. The van der Waals surface area contributed by atoms with E-state index in [1.165, 1.54) is 12.1 Å². The van der Waals surface area contributed by atoms with Crippen molar-refractivity contribution >= 4 is 11.8 Å². The van der Waals surface area contributed by atoms with E-state index in [4.69, 9.17) is 5.73 Å². The van der Waals surface area contributed by atoms with Crippen molar-refractivity contribution in [3.05, 3.63) is 35.4 Å². The Morgan fingerprint density at radius 3 is 2.88 bits per heavy atom. The molecule has 2 unspecified atom stereocenters. The van der Waals surface area contributed by atoms with Gasteiger partial charge in [-0.15, -0.1) is 0 Å². The first-order valence-corrected chi connectivity index (χ1v) is 6.73. The molecule has 0 aromatic heterocycles. The SMILES string of the molecule is CN1CCSCC1C(N)c1ccc(F)cc1F. The Bertz CT molecular complexity index is 400. The first-order chi connectivity index (χ1) is 8.09. The molecule has 17 heavy (non-hydrogen) atoms. The van der Waals surface area contributed by atoms with Gasteiger partial charge in [0.1, 0.15) is 11.6 Å². The molecule has 1 fully saturated rings. The average Bonchev–Trinajstić information content (AvgIpc) is 2.29. The lowest BCUT2D eigenvalue weighted by molar-refractivity contribution is 0.235. The molecular formula is C12H16F2N2S. The standard InChI is InChI=1S/C12H16F2N2S/c1-16-4-5-17-7-11(16)12(15)9-3-2-8(13)6-10(9)14/h2-3,6,11-12H,4-5,7,15H2,1H3. The molecule has 1 aliphatic heterocycles. The number of rotatable bonds is 2. The van der Waals surface area contributed by atoms with Crippen LogP contribution in [0.5, 0.6) is 0 Å². The van der Waals surface area contributed by atoms with Crippen molar-refractivity contribution in [2.45, 2.75) is 12.1 Å². The number of halogens is 2. The lowest BCUT2D eigenvalue weighted by Gasteiger charge is -2.36. The predicted octanol–water partition coefficient (Wildman–Crippen LogP) is 2.01. The van der Waals surface area contributed by atoms with Crippen molar-refractivity contribution in [3.8, 4) is 0 Å². The quantitative estimate of drug-likeness (QED) is 0.880. The zero-order valence-electron chi connectivity index (χ0n) is 9.70. The van der Waals surface area contributed by atoms with Crippen LogP contribution in [-0.4, -0.2) is 36.0 Å². The average molecular weight is 258 g/mol. The Morgan fingerprint density at radius 2 is 2.24 bits per heavy atom. The Kier molecular flexibility index (Phi) is 4.01. The van der Waals surface area contributed by atoms with Gasteiger partial charge in [0.15, 0.2) is 0 Å². The summed E-state index contributed by atoms with van der Waals surface area (Å²) < 4.78 is 26.5. The van der Waals surface area contributed by atoms with Crippen molar-refractivity contribution < 1.29 is 8.78 Å². The van der Waals surface area contributed by atoms with Crippen LogP contribution < -0.4 is 5.73 Å². The van der Waals surface area contributed by atoms with Crippen molar-refractivity contribution in [1.82, 2.24) is 4.90 Å². The molecule has 94 valence electrons. The lowest BCUT2D eigenvalue weighted by atomic mass is 9.99. The minimum atomic E-state index is -0.565. The number of nitrogens with zero attached hydrogens (tertiary/aromatic N) is 1. The molecule has 2 atom stereocenters. The topological polar surface area (TPSA) is 29.3 Å². The summed E-state index contributed by atoms with van der Waals surface area (Å²) in [5.74, 6) is 0.839. The van der Waals surface area contributed by atoms with Gasteiger partial charge in [-0.05, 0) is 13.1 Å². The van der Waals surface area contributed by atoms with Crippen molar-refractivity contribution in [3.63, 3.8) is 0 Å². The molecule has 0 bridgehead atoms. The van der Waals surface area contributed by atoms with Crippen LogP contribution in [0, 0.1) is 11.6 Å². The fourth-order valence-electron chi connectivity index (χ4n) is 2.06. The van der Waals surface area contributed by atoms with Crippen LogP contribution in [0.25, 0.3) is 0 Å². The highest BCUT2D eigenvalue weighted by Gasteiger charge is 2.28. The molecule has 0 amide bonds. The van der Waals surface area contributed by atoms with Crippen LogP contribution in [0.1, 0.15) is 11.6 Å². The van der Waals surface area contributed by atoms with Crippen molar-refractivity contribution in [2.24, 2.45) is 5.73 Å². The zero-order valence-corrected chi connectivity index (χ0v) is 10.5.